The number of benzene rings is 3. The van der Waals surface area contributed by atoms with Gasteiger partial charge in [0.15, 0.2) is 11.5 Å². The summed E-state index contributed by atoms with van der Waals surface area (Å²) in [6.07, 6.45) is 0.800. The Morgan fingerprint density at radius 1 is 0.826 bits per heavy atom. The third-order valence-corrected chi connectivity index (χ3v) is 7.16. The molecule has 0 radical (unpaired) electrons. The first-order valence-electron chi connectivity index (χ1n) is 15.0. The number of urea groups is 1. The van der Waals surface area contributed by atoms with Crippen molar-refractivity contribution in [3.63, 3.8) is 0 Å². The first-order chi connectivity index (χ1) is 22.3. The molecule has 4 rings (SSSR count). The van der Waals surface area contributed by atoms with Gasteiger partial charge in [0.2, 0.25) is 12.7 Å². The molecule has 0 fully saturated rings. The Hall–Kier alpha value is -5.46. The molecule has 46 heavy (non-hydrogen) atoms. The van der Waals surface area contributed by atoms with Crippen LogP contribution in [0.1, 0.15) is 48.4 Å². The van der Waals surface area contributed by atoms with E-state index in [2.05, 4.69) is 21.3 Å². The highest BCUT2D eigenvalue weighted by molar-refractivity contribution is 5.87. The number of carbonyl (C=O) groups excluding carboxylic acids is 3. The van der Waals surface area contributed by atoms with Gasteiger partial charge in [0.05, 0.1) is 12.5 Å². The third-order valence-electron chi connectivity index (χ3n) is 7.16. The van der Waals surface area contributed by atoms with Crippen molar-refractivity contribution in [2.75, 3.05) is 19.9 Å². The number of carboxylic acid groups (broad SMARTS) is 1. The number of phenolic OH excluding ortho intramolecular Hbond substituents is 1. The highest BCUT2D eigenvalue weighted by Gasteiger charge is 2.25. The Morgan fingerprint density at radius 2 is 1.59 bits per heavy atom. The van der Waals surface area contributed by atoms with Crippen LogP contribution in [0.4, 0.5) is 9.59 Å². The van der Waals surface area contributed by atoms with Crippen LogP contribution in [-0.2, 0) is 27.4 Å². The SMILES string of the molecule is O=C(O)C[C@H](NC(=O)N[C@@H](CCCCNC(=O)OCc1ccccc1)C(=O)NCCc1ccc(O)cc1)c1ccc2c(c1)OCO2. The quantitative estimate of drug-likeness (QED) is 0.128. The van der Waals surface area contributed by atoms with Gasteiger partial charge in [-0.15, -0.1) is 0 Å². The Bertz CT molecular complexity index is 1470. The lowest BCUT2D eigenvalue weighted by Gasteiger charge is -2.22. The molecular weight excluding hydrogens is 596 g/mol. The van der Waals surface area contributed by atoms with E-state index in [-0.39, 0.29) is 32.1 Å². The number of amides is 4. The van der Waals surface area contributed by atoms with Gasteiger partial charge in [-0.1, -0.05) is 48.5 Å². The molecule has 0 saturated carbocycles. The van der Waals surface area contributed by atoms with Gasteiger partial charge in [-0.05, 0) is 66.6 Å². The fraction of sp³-hybridized carbons (Fsp3) is 0.333. The van der Waals surface area contributed by atoms with Crippen molar-refractivity contribution in [3.05, 3.63) is 89.5 Å². The number of nitrogens with one attached hydrogen (secondary N) is 4. The molecule has 0 bridgehead atoms. The van der Waals surface area contributed by atoms with E-state index in [0.29, 0.717) is 42.9 Å². The second-order valence-corrected chi connectivity index (χ2v) is 10.6. The molecule has 0 saturated heterocycles. The molecular formula is C33H38N4O9. The number of carbonyl (C=O) groups is 4. The van der Waals surface area contributed by atoms with E-state index < -0.39 is 42.5 Å². The number of hydrogen-bond acceptors (Lipinski definition) is 8. The number of alkyl carbamates (subject to hydrolysis) is 1. The van der Waals surface area contributed by atoms with Crippen molar-refractivity contribution in [3.8, 4) is 17.2 Å². The number of aliphatic carboxylic acids is 1. The Morgan fingerprint density at radius 3 is 2.35 bits per heavy atom. The van der Waals surface area contributed by atoms with Crippen molar-refractivity contribution in [2.24, 2.45) is 0 Å². The second kappa shape index (κ2) is 17.1. The summed E-state index contributed by atoms with van der Waals surface area (Å²) in [5.41, 5.74) is 2.28. The summed E-state index contributed by atoms with van der Waals surface area (Å²) in [4.78, 5) is 49.9. The maximum atomic E-state index is 13.2. The lowest BCUT2D eigenvalue weighted by atomic mass is 10.0. The largest absolute Gasteiger partial charge is 0.508 e. The topological polar surface area (TPSA) is 185 Å². The van der Waals surface area contributed by atoms with E-state index in [1.807, 2.05) is 30.3 Å². The average Bonchev–Trinajstić information content (AvgIpc) is 3.52. The molecule has 0 aliphatic carbocycles. The van der Waals surface area contributed by atoms with Gasteiger partial charge in [0, 0.05) is 13.1 Å². The molecule has 1 aliphatic rings. The zero-order valence-electron chi connectivity index (χ0n) is 25.2. The van der Waals surface area contributed by atoms with Crippen LogP contribution >= 0.6 is 0 Å². The molecule has 0 aromatic heterocycles. The minimum Gasteiger partial charge on any atom is -0.508 e. The van der Waals surface area contributed by atoms with Gasteiger partial charge < -0.3 is 45.7 Å². The van der Waals surface area contributed by atoms with Crippen LogP contribution in [0, 0.1) is 0 Å². The molecule has 1 aliphatic heterocycles. The molecule has 6 N–H and O–H groups in total. The van der Waals surface area contributed by atoms with Crippen molar-refractivity contribution in [2.45, 2.75) is 50.8 Å². The van der Waals surface area contributed by atoms with Gasteiger partial charge in [-0.25, -0.2) is 9.59 Å². The normalized spacial score (nSPS) is 12.8. The number of aromatic hydroxyl groups is 1. The molecule has 0 unspecified atom stereocenters. The first-order valence-corrected chi connectivity index (χ1v) is 15.0. The number of carboxylic acids is 1. The van der Waals surface area contributed by atoms with Crippen molar-refractivity contribution in [1.29, 1.82) is 0 Å². The number of fused-ring (bicyclic) bond motifs is 1. The summed E-state index contributed by atoms with van der Waals surface area (Å²) in [7, 11) is 0. The standard InChI is InChI=1S/C33H38N4O9/c38-25-12-9-22(10-13-25)15-17-34-31(41)26(8-4-5-16-35-33(43)44-20-23-6-2-1-3-7-23)36-32(42)37-27(19-30(39)40)24-11-14-28-29(18-24)46-21-45-28/h1-3,6-7,9-14,18,26-27,38H,4-5,8,15-17,19-21H2,(H,34,41)(H,35,43)(H,39,40)(H2,36,37,42)/t26-,27-/m0/s1. The summed E-state index contributed by atoms with van der Waals surface area (Å²) < 4.78 is 15.9. The smallest absolute Gasteiger partial charge is 0.407 e. The predicted octanol–water partition coefficient (Wildman–Crippen LogP) is 3.76. The van der Waals surface area contributed by atoms with E-state index in [4.69, 9.17) is 14.2 Å². The number of ether oxygens (including phenoxy) is 3. The third kappa shape index (κ3) is 10.9. The summed E-state index contributed by atoms with van der Waals surface area (Å²) in [5, 5.41) is 29.8. The average molecular weight is 635 g/mol. The molecule has 3 aromatic rings. The summed E-state index contributed by atoms with van der Waals surface area (Å²) in [6, 6.07) is 18.3. The summed E-state index contributed by atoms with van der Waals surface area (Å²) in [6.45, 7) is 0.786. The number of rotatable bonds is 16. The molecule has 244 valence electrons. The van der Waals surface area contributed by atoms with Crippen LogP contribution in [0.25, 0.3) is 0 Å². The van der Waals surface area contributed by atoms with E-state index in [0.717, 1.165) is 11.1 Å². The van der Waals surface area contributed by atoms with Crippen LogP contribution in [0.2, 0.25) is 0 Å². The number of unbranched alkanes of at least 4 members (excludes halogenated alkanes) is 1. The Balaban J connectivity index is 1.30. The summed E-state index contributed by atoms with van der Waals surface area (Å²) >= 11 is 0. The molecule has 4 amide bonds. The monoisotopic (exact) mass is 634 g/mol. The van der Waals surface area contributed by atoms with Crippen LogP contribution in [-0.4, -0.2) is 60.1 Å². The van der Waals surface area contributed by atoms with Gasteiger partial charge in [0.1, 0.15) is 18.4 Å². The first kappa shape index (κ1) is 33.4. The highest BCUT2D eigenvalue weighted by Crippen LogP contribution is 2.34. The second-order valence-electron chi connectivity index (χ2n) is 10.6. The molecule has 3 aromatic carbocycles. The molecule has 0 spiro atoms. The van der Waals surface area contributed by atoms with Gasteiger partial charge >= 0.3 is 18.1 Å². The summed E-state index contributed by atoms with van der Waals surface area (Å²) in [5.74, 6) is -0.434. The zero-order valence-corrected chi connectivity index (χ0v) is 25.2. The molecule has 13 heteroatoms. The van der Waals surface area contributed by atoms with E-state index in [1.54, 1.807) is 42.5 Å². The maximum absolute atomic E-state index is 13.2. The number of hydrogen-bond donors (Lipinski definition) is 6. The minimum absolute atomic E-state index is 0.0459. The van der Waals surface area contributed by atoms with Crippen LogP contribution in [0.5, 0.6) is 17.2 Å². The fourth-order valence-electron chi connectivity index (χ4n) is 4.74. The minimum atomic E-state index is -1.12. The zero-order chi connectivity index (χ0) is 32.7. The fourth-order valence-corrected chi connectivity index (χ4v) is 4.74. The van der Waals surface area contributed by atoms with Crippen LogP contribution in [0.15, 0.2) is 72.8 Å². The molecule has 1 heterocycles. The Kier molecular flexibility index (Phi) is 12.5. The van der Waals surface area contributed by atoms with Crippen molar-refractivity contribution >= 4 is 24.0 Å². The van der Waals surface area contributed by atoms with Crippen LogP contribution in [0.3, 0.4) is 0 Å². The highest BCUT2D eigenvalue weighted by atomic mass is 16.7. The van der Waals surface area contributed by atoms with Crippen molar-refractivity contribution < 1.29 is 43.6 Å². The molecule has 13 nitrogen and oxygen atoms in total. The van der Waals surface area contributed by atoms with Gasteiger partial charge in [-0.3, -0.25) is 9.59 Å². The number of phenols is 1. The van der Waals surface area contributed by atoms with Gasteiger partial charge in [-0.2, -0.15) is 0 Å². The van der Waals surface area contributed by atoms with Gasteiger partial charge in [0.25, 0.3) is 0 Å². The van der Waals surface area contributed by atoms with E-state index in [9.17, 15) is 29.4 Å². The lowest BCUT2D eigenvalue weighted by Crippen LogP contribution is -2.51. The molecule has 2 atom stereocenters. The maximum Gasteiger partial charge on any atom is 0.407 e. The predicted molar refractivity (Wildman–Crippen MR) is 166 cm³/mol. The van der Waals surface area contributed by atoms with E-state index >= 15 is 0 Å². The van der Waals surface area contributed by atoms with Crippen molar-refractivity contribution in [1.82, 2.24) is 21.3 Å². The Labute approximate surface area is 266 Å². The lowest BCUT2D eigenvalue weighted by molar-refractivity contribution is -0.137. The van der Waals surface area contributed by atoms with E-state index in [1.165, 1.54) is 0 Å². The van der Waals surface area contributed by atoms with Crippen LogP contribution < -0.4 is 30.7 Å².